The summed E-state index contributed by atoms with van der Waals surface area (Å²) in [4.78, 5) is 12.5. The van der Waals surface area contributed by atoms with Gasteiger partial charge in [-0.25, -0.2) is 5.43 Å². The molecule has 1 heterocycles. The lowest BCUT2D eigenvalue weighted by molar-refractivity contribution is 0.0959. The molecule has 0 radical (unpaired) electrons. The number of hydrogen-bond acceptors (Lipinski definition) is 5. The zero-order valence-corrected chi connectivity index (χ0v) is 15.0. The van der Waals surface area contributed by atoms with Crippen LogP contribution in [-0.2, 0) is 6.61 Å². The van der Waals surface area contributed by atoms with Crippen LogP contribution in [0, 0.1) is 0 Å². The number of rotatable bonds is 7. The molecule has 0 saturated carbocycles. The van der Waals surface area contributed by atoms with E-state index >= 15 is 0 Å². The van der Waals surface area contributed by atoms with E-state index in [0.717, 1.165) is 11.1 Å². The first kappa shape index (κ1) is 17.7. The van der Waals surface area contributed by atoms with Gasteiger partial charge in [0.05, 0.1) is 18.2 Å². The van der Waals surface area contributed by atoms with Gasteiger partial charge in [-0.2, -0.15) is 5.10 Å². The van der Waals surface area contributed by atoms with E-state index in [1.807, 2.05) is 60.0 Å². The Morgan fingerprint density at radius 1 is 1.12 bits per heavy atom. The fourth-order valence-electron chi connectivity index (χ4n) is 2.25. The van der Waals surface area contributed by atoms with Crippen LogP contribution in [0.3, 0.4) is 0 Å². The number of thiophene rings is 1. The Morgan fingerprint density at radius 2 is 1.96 bits per heavy atom. The predicted octanol–water partition coefficient (Wildman–Crippen LogP) is 4.10. The minimum Gasteiger partial charge on any atom is -0.493 e. The Kier molecular flexibility index (Phi) is 6.01. The van der Waals surface area contributed by atoms with Gasteiger partial charge in [-0.05, 0) is 40.8 Å². The molecule has 0 saturated heterocycles. The first-order chi connectivity index (χ1) is 12.8. The van der Waals surface area contributed by atoms with Crippen molar-refractivity contribution in [1.29, 1.82) is 0 Å². The summed E-state index contributed by atoms with van der Waals surface area (Å²) in [5.74, 6) is 1.02. The minimum absolute atomic E-state index is 0.231. The van der Waals surface area contributed by atoms with Crippen LogP contribution in [0.5, 0.6) is 11.5 Å². The van der Waals surface area contributed by atoms with E-state index in [1.165, 1.54) is 11.3 Å². The lowest BCUT2D eigenvalue weighted by Gasteiger charge is -2.11. The SMILES string of the molecule is COc1ccc(/C=N\NC(=O)c2cccs2)cc1OCc1ccccc1. The Hall–Kier alpha value is -3.12. The van der Waals surface area contributed by atoms with Crippen LogP contribution in [-0.4, -0.2) is 19.2 Å². The van der Waals surface area contributed by atoms with Gasteiger partial charge in [-0.3, -0.25) is 4.79 Å². The molecule has 1 N–H and O–H groups in total. The van der Waals surface area contributed by atoms with Crippen LogP contribution < -0.4 is 14.9 Å². The van der Waals surface area contributed by atoms with E-state index in [-0.39, 0.29) is 5.91 Å². The number of hydrazone groups is 1. The fraction of sp³-hybridized carbons (Fsp3) is 0.100. The summed E-state index contributed by atoms with van der Waals surface area (Å²) in [5.41, 5.74) is 4.37. The molecule has 132 valence electrons. The number of nitrogens with zero attached hydrogens (tertiary/aromatic N) is 1. The van der Waals surface area contributed by atoms with Gasteiger partial charge in [0.15, 0.2) is 11.5 Å². The number of benzene rings is 2. The maximum atomic E-state index is 11.9. The van der Waals surface area contributed by atoms with E-state index in [1.54, 1.807) is 19.4 Å². The Balaban J connectivity index is 1.66. The summed E-state index contributed by atoms with van der Waals surface area (Å²) in [6, 6.07) is 18.9. The van der Waals surface area contributed by atoms with Gasteiger partial charge in [0.25, 0.3) is 5.91 Å². The van der Waals surface area contributed by atoms with E-state index in [0.29, 0.717) is 23.0 Å². The van der Waals surface area contributed by atoms with Gasteiger partial charge in [-0.1, -0.05) is 36.4 Å². The second-order valence-corrected chi connectivity index (χ2v) is 6.31. The molecule has 0 aliphatic heterocycles. The molecule has 2 aromatic carbocycles. The van der Waals surface area contributed by atoms with Crippen molar-refractivity contribution in [1.82, 2.24) is 5.43 Å². The van der Waals surface area contributed by atoms with Crippen LogP contribution in [0.15, 0.2) is 71.1 Å². The summed E-state index contributed by atoms with van der Waals surface area (Å²) in [7, 11) is 1.60. The second kappa shape index (κ2) is 8.82. The van der Waals surface area contributed by atoms with Gasteiger partial charge in [0, 0.05) is 0 Å². The lowest BCUT2D eigenvalue weighted by atomic mass is 10.2. The molecule has 0 aliphatic rings. The third kappa shape index (κ3) is 4.70. The second-order valence-electron chi connectivity index (χ2n) is 5.36. The van der Waals surface area contributed by atoms with Crippen molar-refractivity contribution in [3.8, 4) is 11.5 Å². The molecule has 0 bridgehead atoms. The summed E-state index contributed by atoms with van der Waals surface area (Å²) >= 11 is 1.37. The largest absolute Gasteiger partial charge is 0.493 e. The van der Waals surface area contributed by atoms with Gasteiger partial charge in [-0.15, -0.1) is 11.3 Å². The smallest absolute Gasteiger partial charge is 0.281 e. The average molecular weight is 366 g/mol. The first-order valence-corrected chi connectivity index (χ1v) is 8.86. The Bertz CT molecular complexity index is 877. The fourth-order valence-corrected chi connectivity index (χ4v) is 2.86. The molecule has 3 rings (SSSR count). The number of methoxy groups -OCH3 is 1. The highest BCUT2D eigenvalue weighted by molar-refractivity contribution is 7.12. The van der Waals surface area contributed by atoms with E-state index in [9.17, 15) is 4.79 Å². The maximum Gasteiger partial charge on any atom is 0.281 e. The minimum atomic E-state index is -0.231. The molecule has 3 aromatic rings. The molecular formula is C20H18N2O3S. The van der Waals surface area contributed by atoms with Crippen molar-refractivity contribution in [2.75, 3.05) is 7.11 Å². The molecular weight excluding hydrogens is 348 g/mol. The number of amides is 1. The molecule has 1 aromatic heterocycles. The average Bonchev–Trinajstić information content (AvgIpc) is 3.22. The highest BCUT2D eigenvalue weighted by atomic mass is 32.1. The zero-order valence-electron chi connectivity index (χ0n) is 14.2. The summed E-state index contributed by atoms with van der Waals surface area (Å²) in [6.45, 7) is 0.437. The zero-order chi connectivity index (χ0) is 18.2. The molecule has 26 heavy (non-hydrogen) atoms. The molecule has 0 fully saturated rings. The van der Waals surface area contributed by atoms with Crippen LogP contribution in [0.25, 0.3) is 0 Å². The first-order valence-electron chi connectivity index (χ1n) is 7.98. The topological polar surface area (TPSA) is 59.9 Å². The van der Waals surface area contributed by atoms with Crippen molar-refractivity contribution in [2.45, 2.75) is 6.61 Å². The van der Waals surface area contributed by atoms with Gasteiger partial charge < -0.3 is 9.47 Å². The molecule has 0 unspecified atom stereocenters. The third-order valence-electron chi connectivity index (χ3n) is 3.55. The molecule has 5 nitrogen and oxygen atoms in total. The van der Waals surface area contributed by atoms with Crippen LogP contribution >= 0.6 is 11.3 Å². The monoisotopic (exact) mass is 366 g/mol. The highest BCUT2D eigenvalue weighted by Gasteiger charge is 2.07. The van der Waals surface area contributed by atoms with E-state index < -0.39 is 0 Å². The standard InChI is InChI=1S/C20H18N2O3S/c1-24-17-10-9-16(13-21-22-20(23)19-8-5-11-26-19)12-18(17)25-14-15-6-3-2-4-7-15/h2-13H,14H2,1H3,(H,22,23)/b21-13-. The molecule has 0 spiro atoms. The number of ether oxygens (including phenoxy) is 2. The van der Waals surface area contributed by atoms with E-state index in [2.05, 4.69) is 10.5 Å². The van der Waals surface area contributed by atoms with Crippen LogP contribution in [0.2, 0.25) is 0 Å². The molecule has 0 aliphatic carbocycles. The summed E-state index contributed by atoms with van der Waals surface area (Å²) < 4.78 is 11.2. The van der Waals surface area contributed by atoms with Gasteiger partial charge in [0.2, 0.25) is 0 Å². The van der Waals surface area contributed by atoms with Crippen molar-refractivity contribution in [3.63, 3.8) is 0 Å². The Labute approximate surface area is 155 Å². The van der Waals surface area contributed by atoms with Crippen molar-refractivity contribution >= 4 is 23.5 Å². The van der Waals surface area contributed by atoms with Crippen molar-refractivity contribution in [3.05, 3.63) is 82.0 Å². The van der Waals surface area contributed by atoms with Crippen molar-refractivity contribution in [2.24, 2.45) is 5.10 Å². The van der Waals surface area contributed by atoms with Gasteiger partial charge in [0.1, 0.15) is 6.61 Å². The summed E-state index contributed by atoms with van der Waals surface area (Å²) in [6.07, 6.45) is 1.57. The molecule has 1 amide bonds. The van der Waals surface area contributed by atoms with Crippen LogP contribution in [0.1, 0.15) is 20.8 Å². The number of carbonyl (C=O) groups is 1. The number of hydrogen-bond donors (Lipinski definition) is 1. The van der Waals surface area contributed by atoms with E-state index in [4.69, 9.17) is 9.47 Å². The quantitative estimate of drug-likeness (QED) is 0.506. The predicted molar refractivity (Wildman–Crippen MR) is 103 cm³/mol. The third-order valence-corrected chi connectivity index (χ3v) is 4.42. The maximum absolute atomic E-state index is 11.9. The Morgan fingerprint density at radius 3 is 2.69 bits per heavy atom. The number of nitrogens with one attached hydrogen (secondary N) is 1. The normalized spacial score (nSPS) is 10.7. The molecule has 6 heteroatoms. The van der Waals surface area contributed by atoms with Crippen molar-refractivity contribution < 1.29 is 14.3 Å². The van der Waals surface area contributed by atoms with Crippen LogP contribution in [0.4, 0.5) is 0 Å². The highest BCUT2D eigenvalue weighted by Crippen LogP contribution is 2.28. The summed E-state index contributed by atoms with van der Waals surface area (Å²) in [5, 5.41) is 5.84. The number of carbonyl (C=O) groups excluding carboxylic acids is 1. The lowest BCUT2D eigenvalue weighted by Crippen LogP contribution is -2.16. The van der Waals surface area contributed by atoms with Gasteiger partial charge >= 0.3 is 0 Å². The molecule has 0 atom stereocenters.